The number of phenols is 1. The van der Waals surface area contributed by atoms with Crippen LogP contribution in [0.4, 0.5) is 0 Å². The molecular formula is C18H14BrNO3. The van der Waals surface area contributed by atoms with E-state index in [2.05, 4.69) is 20.9 Å². The predicted molar refractivity (Wildman–Crippen MR) is 92.5 cm³/mol. The maximum absolute atomic E-state index is 12.3. The van der Waals surface area contributed by atoms with Crippen LogP contribution in [0.25, 0.3) is 22.2 Å². The molecule has 0 aliphatic carbocycles. The van der Waals surface area contributed by atoms with Crippen LogP contribution in [-0.4, -0.2) is 22.7 Å². The number of hydrogen-bond donors (Lipinski definition) is 1. The number of esters is 1. The first kappa shape index (κ1) is 15.5. The average Bonchev–Trinajstić information content (AvgIpc) is 2.55. The lowest BCUT2D eigenvalue weighted by molar-refractivity contribution is 0.0528. The summed E-state index contributed by atoms with van der Waals surface area (Å²) >= 11 is 3.42. The maximum atomic E-state index is 12.3. The van der Waals surface area contributed by atoms with E-state index >= 15 is 0 Å². The first-order valence-electron chi connectivity index (χ1n) is 7.15. The van der Waals surface area contributed by atoms with Crippen LogP contribution in [0.1, 0.15) is 17.3 Å². The Hall–Kier alpha value is -2.40. The van der Waals surface area contributed by atoms with Crippen molar-refractivity contribution in [3.05, 3.63) is 58.6 Å². The minimum absolute atomic E-state index is 0.184. The minimum atomic E-state index is -0.377. The molecule has 0 amide bonds. The van der Waals surface area contributed by atoms with Crippen molar-refractivity contribution in [2.75, 3.05) is 6.61 Å². The number of carbonyl (C=O) groups is 1. The Bertz CT molecular complexity index is 875. The summed E-state index contributed by atoms with van der Waals surface area (Å²) in [6, 6.07) is 14.0. The molecule has 116 valence electrons. The molecule has 4 nitrogen and oxygen atoms in total. The lowest BCUT2D eigenvalue weighted by atomic mass is 10.0. The van der Waals surface area contributed by atoms with Crippen LogP contribution in [0.15, 0.2) is 53.0 Å². The molecule has 0 spiro atoms. The highest BCUT2D eigenvalue weighted by atomic mass is 79.9. The van der Waals surface area contributed by atoms with Gasteiger partial charge in [0.1, 0.15) is 5.75 Å². The fourth-order valence-electron chi connectivity index (χ4n) is 2.36. The zero-order chi connectivity index (χ0) is 16.4. The summed E-state index contributed by atoms with van der Waals surface area (Å²) in [6.45, 7) is 2.09. The smallest absolute Gasteiger partial charge is 0.338 e. The Kier molecular flexibility index (Phi) is 4.30. The Balaban J connectivity index is 2.22. The zero-order valence-electron chi connectivity index (χ0n) is 12.4. The van der Waals surface area contributed by atoms with Crippen LogP contribution < -0.4 is 0 Å². The molecule has 0 aliphatic rings. The van der Waals surface area contributed by atoms with Gasteiger partial charge in [0, 0.05) is 15.4 Å². The quantitative estimate of drug-likeness (QED) is 0.686. The molecule has 23 heavy (non-hydrogen) atoms. The van der Waals surface area contributed by atoms with Crippen molar-refractivity contribution in [2.24, 2.45) is 0 Å². The fourth-order valence-corrected chi connectivity index (χ4v) is 2.72. The number of carbonyl (C=O) groups excluding carboxylic acids is 1. The number of ether oxygens (including phenoxy) is 1. The molecule has 0 saturated heterocycles. The number of aromatic nitrogens is 1. The van der Waals surface area contributed by atoms with Gasteiger partial charge in [0.25, 0.3) is 0 Å². The SMILES string of the molecule is CCOC(=O)c1cc(-c2ccc(O)cc2)nc2ccc(Br)cc12. The summed E-state index contributed by atoms with van der Waals surface area (Å²) < 4.78 is 6.03. The van der Waals surface area contributed by atoms with E-state index in [0.29, 0.717) is 23.4 Å². The Morgan fingerprint density at radius 1 is 1.17 bits per heavy atom. The molecule has 0 atom stereocenters. The molecule has 3 aromatic rings. The third kappa shape index (κ3) is 3.19. The standard InChI is InChI=1S/C18H14BrNO3/c1-2-23-18(22)15-10-17(11-3-6-13(21)7-4-11)20-16-8-5-12(19)9-14(15)16/h3-10,21H,2H2,1H3. The Morgan fingerprint density at radius 2 is 1.91 bits per heavy atom. The van der Waals surface area contributed by atoms with Crippen LogP contribution in [-0.2, 0) is 4.74 Å². The molecule has 0 radical (unpaired) electrons. The van der Waals surface area contributed by atoms with Crippen LogP contribution in [0.2, 0.25) is 0 Å². The second-order valence-electron chi connectivity index (χ2n) is 4.98. The van der Waals surface area contributed by atoms with Crippen LogP contribution in [0.5, 0.6) is 5.75 Å². The van der Waals surface area contributed by atoms with E-state index in [1.807, 2.05) is 18.2 Å². The van der Waals surface area contributed by atoms with Gasteiger partial charge in [-0.2, -0.15) is 0 Å². The fraction of sp³-hybridized carbons (Fsp3) is 0.111. The van der Waals surface area contributed by atoms with E-state index in [0.717, 1.165) is 15.4 Å². The number of aromatic hydroxyl groups is 1. The van der Waals surface area contributed by atoms with Crippen molar-refractivity contribution in [1.82, 2.24) is 4.98 Å². The largest absolute Gasteiger partial charge is 0.508 e. The summed E-state index contributed by atoms with van der Waals surface area (Å²) in [4.78, 5) is 16.9. The topological polar surface area (TPSA) is 59.4 Å². The van der Waals surface area contributed by atoms with Gasteiger partial charge in [-0.1, -0.05) is 15.9 Å². The van der Waals surface area contributed by atoms with E-state index in [4.69, 9.17) is 4.74 Å². The molecule has 2 aromatic carbocycles. The second kappa shape index (κ2) is 6.38. The number of benzene rings is 2. The van der Waals surface area contributed by atoms with Crippen molar-refractivity contribution in [3.8, 4) is 17.0 Å². The molecule has 1 aromatic heterocycles. The normalized spacial score (nSPS) is 10.7. The molecule has 0 aliphatic heterocycles. The average molecular weight is 372 g/mol. The number of nitrogens with zero attached hydrogens (tertiary/aromatic N) is 1. The molecule has 1 N–H and O–H groups in total. The van der Waals surface area contributed by atoms with Crippen LogP contribution in [0.3, 0.4) is 0 Å². The van der Waals surface area contributed by atoms with Crippen molar-refractivity contribution in [2.45, 2.75) is 6.92 Å². The van der Waals surface area contributed by atoms with E-state index < -0.39 is 0 Å². The third-order valence-electron chi connectivity index (χ3n) is 3.43. The lowest BCUT2D eigenvalue weighted by Gasteiger charge is -2.10. The molecule has 5 heteroatoms. The molecular weight excluding hydrogens is 358 g/mol. The van der Waals surface area contributed by atoms with E-state index in [1.165, 1.54) is 0 Å². The van der Waals surface area contributed by atoms with E-state index in [1.54, 1.807) is 37.3 Å². The summed E-state index contributed by atoms with van der Waals surface area (Å²) in [5.41, 5.74) is 2.66. The van der Waals surface area contributed by atoms with Gasteiger partial charge in [-0.05, 0) is 55.5 Å². The van der Waals surface area contributed by atoms with Gasteiger partial charge in [0.15, 0.2) is 0 Å². The Labute approximate surface area is 141 Å². The highest BCUT2D eigenvalue weighted by Crippen LogP contribution is 2.28. The predicted octanol–water partition coefficient (Wildman–Crippen LogP) is 4.55. The Morgan fingerprint density at radius 3 is 2.61 bits per heavy atom. The highest BCUT2D eigenvalue weighted by molar-refractivity contribution is 9.10. The number of halogens is 1. The lowest BCUT2D eigenvalue weighted by Crippen LogP contribution is -2.06. The van der Waals surface area contributed by atoms with Gasteiger partial charge < -0.3 is 9.84 Å². The van der Waals surface area contributed by atoms with Gasteiger partial charge in [-0.15, -0.1) is 0 Å². The minimum Gasteiger partial charge on any atom is -0.508 e. The van der Waals surface area contributed by atoms with Crippen LogP contribution >= 0.6 is 15.9 Å². The zero-order valence-corrected chi connectivity index (χ0v) is 14.0. The first-order chi connectivity index (χ1) is 11.1. The number of phenolic OH excluding ortho intramolecular Hbond substituents is 1. The van der Waals surface area contributed by atoms with Gasteiger partial charge in [-0.25, -0.2) is 9.78 Å². The molecule has 1 heterocycles. The molecule has 0 saturated carbocycles. The van der Waals surface area contributed by atoms with Crippen molar-refractivity contribution < 1.29 is 14.6 Å². The van der Waals surface area contributed by atoms with Gasteiger partial charge in [0.2, 0.25) is 0 Å². The van der Waals surface area contributed by atoms with Gasteiger partial charge in [0.05, 0.1) is 23.4 Å². The first-order valence-corrected chi connectivity index (χ1v) is 7.94. The third-order valence-corrected chi connectivity index (χ3v) is 3.92. The van der Waals surface area contributed by atoms with Crippen molar-refractivity contribution in [3.63, 3.8) is 0 Å². The summed E-state index contributed by atoms with van der Waals surface area (Å²) in [5.74, 6) is -0.192. The molecule has 0 fully saturated rings. The van der Waals surface area contributed by atoms with Crippen molar-refractivity contribution >= 4 is 32.8 Å². The monoisotopic (exact) mass is 371 g/mol. The van der Waals surface area contributed by atoms with E-state index in [9.17, 15) is 9.90 Å². The molecule has 0 bridgehead atoms. The summed E-state index contributed by atoms with van der Waals surface area (Å²) in [6.07, 6.45) is 0. The second-order valence-corrected chi connectivity index (χ2v) is 5.90. The van der Waals surface area contributed by atoms with Gasteiger partial charge >= 0.3 is 5.97 Å². The number of hydrogen-bond acceptors (Lipinski definition) is 4. The highest BCUT2D eigenvalue weighted by Gasteiger charge is 2.15. The summed E-state index contributed by atoms with van der Waals surface area (Å²) in [5, 5.41) is 10.2. The number of rotatable bonds is 3. The number of pyridine rings is 1. The molecule has 3 rings (SSSR count). The van der Waals surface area contributed by atoms with Gasteiger partial charge in [-0.3, -0.25) is 0 Å². The molecule has 0 unspecified atom stereocenters. The maximum Gasteiger partial charge on any atom is 0.338 e. The van der Waals surface area contributed by atoms with E-state index in [-0.39, 0.29) is 11.7 Å². The number of fused-ring (bicyclic) bond motifs is 1. The van der Waals surface area contributed by atoms with Crippen LogP contribution in [0, 0.1) is 0 Å². The summed E-state index contributed by atoms with van der Waals surface area (Å²) in [7, 11) is 0. The van der Waals surface area contributed by atoms with Crippen molar-refractivity contribution in [1.29, 1.82) is 0 Å².